The first-order valence-corrected chi connectivity index (χ1v) is 4.22. The number of rotatable bonds is 2. The van der Waals surface area contributed by atoms with Gasteiger partial charge in [-0.3, -0.25) is 9.78 Å². The van der Waals surface area contributed by atoms with E-state index >= 15 is 0 Å². The number of methoxy groups -OCH3 is 1. The molecule has 0 saturated carbocycles. The van der Waals surface area contributed by atoms with Crippen molar-refractivity contribution in [1.82, 2.24) is 4.98 Å². The number of nitrogen functional groups attached to an aromatic ring is 1. The maximum absolute atomic E-state index is 12.6. The van der Waals surface area contributed by atoms with Gasteiger partial charge in [0.1, 0.15) is 0 Å². The van der Waals surface area contributed by atoms with Gasteiger partial charge in [0.2, 0.25) is 0 Å². The van der Waals surface area contributed by atoms with Crippen LogP contribution in [-0.2, 0) is 22.1 Å². The van der Waals surface area contributed by atoms with Gasteiger partial charge in [0.15, 0.2) is 0 Å². The number of halogens is 3. The Bertz CT molecular complexity index is 404. The Kier molecular flexibility index (Phi) is 3.36. The van der Waals surface area contributed by atoms with Gasteiger partial charge in [0.25, 0.3) is 0 Å². The molecule has 0 spiro atoms. The van der Waals surface area contributed by atoms with E-state index in [1.807, 2.05) is 0 Å². The minimum Gasteiger partial charge on any atom is -0.469 e. The van der Waals surface area contributed by atoms with E-state index in [1.54, 1.807) is 0 Å². The zero-order valence-electron chi connectivity index (χ0n) is 8.34. The quantitative estimate of drug-likeness (QED) is 0.785. The van der Waals surface area contributed by atoms with Crippen LogP contribution in [0.1, 0.15) is 11.1 Å². The zero-order valence-corrected chi connectivity index (χ0v) is 8.34. The van der Waals surface area contributed by atoms with Crippen molar-refractivity contribution < 1.29 is 22.7 Å². The number of ether oxygens (including phenoxy) is 1. The monoisotopic (exact) mass is 234 g/mol. The van der Waals surface area contributed by atoms with Crippen LogP contribution in [0.25, 0.3) is 0 Å². The molecule has 1 aromatic rings. The number of pyridine rings is 1. The number of esters is 1. The van der Waals surface area contributed by atoms with Crippen molar-refractivity contribution in [2.24, 2.45) is 0 Å². The molecule has 1 aromatic heterocycles. The number of carbonyl (C=O) groups excluding carboxylic acids is 1. The van der Waals surface area contributed by atoms with Gasteiger partial charge < -0.3 is 10.5 Å². The normalized spacial score (nSPS) is 11.2. The van der Waals surface area contributed by atoms with Crippen molar-refractivity contribution in [3.8, 4) is 0 Å². The van der Waals surface area contributed by atoms with E-state index in [0.717, 1.165) is 19.5 Å². The average molecular weight is 234 g/mol. The molecule has 1 heterocycles. The number of anilines is 1. The molecule has 0 atom stereocenters. The van der Waals surface area contributed by atoms with Crippen molar-refractivity contribution in [2.75, 3.05) is 12.8 Å². The Morgan fingerprint density at radius 3 is 2.62 bits per heavy atom. The maximum Gasteiger partial charge on any atom is 0.418 e. The zero-order chi connectivity index (χ0) is 12.3. The third-order valence-corrected chi connectivity index (χ3v) is 1.90. The number of hydrogen-bond acceptors (Lipinski definition) is 4. The summed E-state index contributed by atoms with van der Waals surface area (Å²) >= 11 is 0. The van der Waals surface area contributed by atoms with Crippen molar-refractivity contribution in [2.45, 2.75) is 12.6 Å². The summed E-state index contributed by atoms with van der Waals surface area (Å²) in [6.45, 7) is 0. The molecule has 2 N–H and O–H groups in total. The summed E-state index contributed by atoms with van der Waals surface area (Å²) < 4.78 is 42.1. The average Bonchev–Trinajstić information content (AvgIpc) is 2.15. The van der Waals surface area contributed by atoms with E-state index in [-0.39, 0.29) is 5.56 Å². The van der Waals surface area contributed by atoms with Gasteiger partial charge in [0, 0.05) is 6.20 Å². The van der Waals surface area contributed by atoms with Crippen molar-refractivity contribution in [1.29, 1.82) is 0 Å². The summed E-state index contributed by atoms with van der Waals surface area (Å²) in [7, 11) is 1.09. The number of carbonyl (C=O) groups is 1. The number of alkyl halides is 3. The van der Waals surface area contributed by atoms with Crippen LogP contribution in [-0.4, -0.2) is 18.1 Å². The lowest BCUT2D eigenvalue weighted by Gasteiger charge is -2.13. The van der Waals surface area contributed by atoms with Crippen LogP contribution in [0.3, 0.4) is 0 Å². The molecule has 0 radical (unpaired) electrons. The van der Waals surface area contributed by atoms with Crippen LogP contribution in [0, 0.1) is 0 Å². The molecular weight excluding hydrogens is 225 g/mol. The third-order valence-electron chi connectivity index (χ3n) is 1.90. The van der Waals surface area contributed by atoms with E-state index in [9.17, 15) is 18.0 Å². The molecule has 0 saturated heterocycles. The first-order valence-electron chi connectivity index (χ1n) is 4.22. The lowest BCUT2D eigenvalue weighted by Crippen LogP contribution is -2.16. The van der Waals surface area contributed by atoms with E-state index in [1.165, 1.54) is 0 Å². The highest BCUT2D eigenvalue weighted by atomic mass is 19.4. The van der Waals surface area contributed by atoms with Crippen LogP contribution in [0.5, 0.6) is 0 Å². The van der Waals surface area contributed by atoms with Gasteiger partial charge in [-0.05, 0) is 5.56 Å². The number of hydrogen-bond donors (Lipinski definition) is 1. The molecular formula is C9H9F3N2O2. The Labute approximate surface area is 89.2 Å². The molecule has 4 nitrogen and oxygen atoms in total. The lowest BCUT2D eigenvalue weighted by atomic mass is 10.1. The van der Waals surface area contributed by atoms with Crippen molar-refractivity contribution >= 4 is 11.7 Å². The van der Waals surface area contributed by atoms with Gasteiger partial charge in [-0.2, -0.15) is 13.2 Å². The van der Waals surface area contributed by atoms with Crippen LogP contribution in [0.2, 0.25) is 0 Å². The smallest absolute Gasteiger partial charge is 0.418 e. The summed E-state index contributed by atoms with van der Waals surface area (Å²) in [5, 5.41) is 0. The van der Waals surface area contributed by atoms with Gasteiger partial charge in [0.05, 0.1) is 31.0 Å². The summed E-state index contributed by atoms with van der Waals surface area (Å²) in [5.74, 6) is -0.780. The minimum absolute atomic E-state index is 0.292. The number of nitrogens with two attached hydrogens (primary N) is 1. The van der Waals surface area contributed by atoms with Crippen LogP contribution < -0.4 is 5.73 Å². The summed E-state index contributed by atoms with van der Waals surface area (Å²) in [5.41, 5.74) is 3.36. The molecule has 0 fully saturated rings. The Morgan fingerprint density at radius 2 is 2.12 bits per heavy atom. The molecule has 0 unspecified atom stereocenters. The standard InChI is InChI=1S/C9H9F3N2O2/c1-16-7(15)2-5-3-14-4-6(13)8(5)9(10,11)12/h3-4H,2,13H2,1H3. The molecule has 16 heavy (non-hydrogen) atoms. The fourth-order valence-corrected chi connectivity index (χ4v) is 1.23. The van der Waals surface area contributed by atoms with Gasteiger partial charge >= 0.3 is 12.1 Å². The van der Waals surface area contributed by atoms with Gasteiger partial charge in [-0.25, -0.2) is 0 Å². The Balaban J connectivity index is 3.18. The second-order valence-corrected chi connectivity index (χ2v) is 3.01. The Hall–Kier alpha value is -1.79. The molecule has 0 amide bonds. The molecule has 1 rings (SSSR count). The molecule has 0 aromatic carbocycles. The van der Waals surface area contributed by atoms with E-state index in [2.05, 4.69) is 9.72 Å². The summed E-state index contributed by atoms with van der Waals surface area (Å²) in [6, 6.07) is 0. The van der Waals surface area contributed by atoms with Crippen LogP contribution in [0.4, 0.5) is 18.9 Å². The first kappa shape index (κ1) is 12.3. The molecule has 0 aliphatic carbocycles. The van der Waals surface area contributed by atoms with Crippen LogP contribution >= 0.6 is 0 Å². The molecule has 88 valence electrons. The first-order chi connectivity index (χ1) is 7.36. The fourth-order valence-electron chi connectivity index (χ4n) is 1.23. The maximum atomic E-state index is 12.6. The number of aromatic nitrogens is 1. The predicted octanol–water partition coefficient (Wildman–Crippen LogP) is 1.40. The van der Waals surface area contributed by atoms with E-state index in [0.29, 0.717) is 0 Å². The highest BCUT2D eigenvalue weighted by Gasteiger charge is 2.36. The fraction of sp³-hybridized carbons (Fsp3) is 0.333. The van der Waals surface area contributed by atoms with E-state index < -0.39 is 29.8 Å². The molecule has 0 aliphatic rings. The van der Waals surface area contributed by atoms with E-state index in [4.69, 9.17) is 5.73 Å². The summed E-state index contributed by atoms with van der Waals surface area (Å²) in [4.78, 5) is 14.4. The summed E-state index contributed by atoms with van der Waals surface area (Å²) in [6.07, 6.45) is -3.28. The van der Waals surface area contributed by atoms with Gasteiger partial charge in [-0.15, -0.1) is 0 Å². The SMILES string of the molecule is COC(=O)Cc1cncc(N)c1C(F)(F)F. The van der Waals surface area contributed by atoms with Crippen molar-refractivity contribution in [3.63, 3.8) is 0 Å². The second-order valence-electron chi connectivity index (χ2n) is 3.01. The topological polar surface area (TPSA) is 65.2 Å². The molecule has 7 heteroatoms. The third kappa shape index (κ3) is 2.62. The van der Waals surface area contributed by atoms with Gasteiger partial charge in [-0.1, -0.05) is 0 Å². The van der Waals surface area contributed by atoms with Crippen LogP contribution in [0.15, 0.2) is 12.4 Å². The predicted molar refractivity (Wildman–Crippen MR) is 49.4 cm³/mol. The minimum atomic E-state index is -4.61. The second kappa shape index (κ2) is 4.38. The largest absolute Gasteiger partial charge is 0.469 e. The molecule has 0 bridgehead atoms. The molecule has 0 aliphatic heterocycles. The van der Waals surface area contributed by atoms with Crippen molar-refractivity contribution in [3.05, 3.63) is 23.5 Å². The Morgan fingerprint density at radius 1 is 1.50 bits per heavy atom. The lowest BCUT2D eigenvalue weighted by molar-refractivity contribution is -0.141. The highest BCUT2D eigenvalue weighted by molar-refractivity contribution is 5.73. The number of nitrogens with zero attached hydrogens (tertiary/aromatic N) is 1. The highest BCUT2D eigenvalue weighted by Crippen LogP contribution is 2.35.